The largest absolute Gasteiger partial charge is 0.481 e. The monoisotopic (exact) mass is 478 g/mol. The maximum Gasteiger partial charge on any atom is 0.300 e. The van der Waals surface area contributed by atoms with Crippen LogP contribution >= 0.6 is 0 Å². The van der Waals surface area contributed by atoms with Crippen molar-refractivity contribution >= 4 is 20.1 Å². The number of carbonyl (C=O) groups is 2. The molecule has 0 saturated heterocycles. The van der Waals surface area contributed by atoms with Gasteiger partial charge in [-0.2, -0.15) is 0 Å². The number of aliphatic carboxylic acids is 1. The van der Waals surface area contributed by atoms with Gasteiger partial charge in [-0.3, -0.25) is 9.59 Å². The van der Waals surface area contributed by atoms with Crippen molar-refractivity contribution in [3.8, 4) is 0 Å². The summed E-state index contributed by atoms with van der Waals surface area (Å²) in [5.41, 5.74) is 1.33. The standard InChI is InChI=1S/C25H42O3Si.C2H4O2/c1-23(2,3)29(5,6)28-18-11-14-25(16-26)17(15-18)7-8-19-20-9-10-22(27)24(20,4)13-12-21(19)25;1-2(3)4/h7,18-21,26H,8-16H2,1-6H3;1H3,(H,3,4)/t18?,19-,20-,21-,24-,25+;/m0./s1. The predicted octanol–water partition coefficient (Wildman–Crippen LogP) is 5.97. The smallest absolute Gasteiger partial charge is 0.300 e. The van der Waals surface area contributed by atoms with Gasteiger partial charge in [0.15, 0.2) is 8.32 Å². The summed E-state index contributed by atoms with van der Waals surface area (Å²) in [6.07, 6.45) is 11.0. The van der Waals surface area contributed by atoms with E-state index in [9.17, 15) is 9.90 Å². The van der Waals surface area contributed by atoms with Crippen LogP contribution in [0, 0.1) is 28.6 Å². The second-order valence-corrected chi connectivity index (χ2v) is 17.6. The molecule has 3 saturated carbocycles. The number of allylic oxidation sites excluding steroid dienone is 1. The molecule has 3 fully saturated rings. The number of carboxylic acid groups (broad SMARTS) is 1. The third kappa shape index (κ3) is 4.77. The number of hydrogen-bond donors (Lipinski definition) is 2. The molecule has 0 aromatic rings. The fourth-order valence-corrected chi connectivity index (χ4v) is 8.57. The first-order valence-electron chi connectivity index (χ1n) is 12.9. The third-order valence-corrected chi connectivity index (χ3v) is 14.6. The Morgan fingerprint density at radius 3 is 2.39 bits per heavy atom. The van der Waals surface area contributed by atoms with Gasteiger partial charge in [0.2, 0.25) is 0 Å². The van der Waals surface area contributed by atoms with Gasteiger partial charge in [-0.05, 0) is 80.8 Å². The van der Waals surface area contributed by atoms with Crippen molar-refractivity contribution in [1.82, 2.24) is 0 Å². The van der Waals surface area contributed by atoms with Crippen LogP contribution < -0.4 is 0 Å². The Balaban J connectivity index is 0.000000709. The summed E-state index contributed by atoms with van der Waals surface area (Å²) in [7, 11) is -1.78. The Morgan fingerprint density at radius 2 is 1.82 bits per heavy atom. The number of Topliss-reactive ketones (excluding diaryl/α,β-unsaturated/α-hetero) is 1. The molecular formula is C27H46O5Si. The lowest BCUT2D eigenvalue weighted by Gasteiger charge is -2.58. The molecule has 1 unspecified atom stereocenters. The Hall–Kier alpha value is -0.983. The van der Waals surface area contributed by atoms with Gasteiger partial charge >= 0.3 is 0 Å². The minimum absolute atomic E-state index is 0.0524. The van der Waals surface area contributed by atoms with Crippen molar-refractivity contribution in [2.24, 2.45) is 28.6 Å². The highest BCUT2D eigenvalue weighted by Gasteiger charge is 2.60. The molecule has 5 nitrogen and oxygen atoms in total. The van der Waals surface area contributed by atoms with Crippen molar-refractivity contribution < 1.29 is 24.2 Å². The van der Waals surface area contributed by atoms with Crippen LogP contribution in [0.15, 0.2) is 11.6 Å². The second kappa shape index (κ2) is 9.23. The molecule has 188 valence electrons. The highest BCUT2D eigenvalue weighted by Crippen LogP contribution is 2.64. The van der Waals surface area contributed by atoms with E-state index in [1.807, 2.05) is 0 Å². The van der Waals surface area contributed by atoms with Gasteiger partial charge in [-0.1, -0.05) is 39.3 Å². The van der Waals surface area contributed by atoms with E-state index in [2.05, 4.69) is 46.9 Å². The maximum atomic E-state index is 12.6. The summed E-state index contributed by atoms with van der Waals surface area (Å²) in [6, 6.07) is 0. The Bertz CT molecular complexity index is 793. The zero-order valence-corrected chi connectivity index (χ0v) is 22.9. The normalized spacial score (nSPS) is 38.3. The van der Waals surface area contributed by atoms with Gasteiger partial charge < -0.3 is 14.6 Å². The first kappa shape index (κ1) is 26.6. The average Bonchev–Trinajstić information content (AvgIpc) is 3.01. The summed E-state index contributed by atoms with van der Waals surface area (Å²) in [6.45, 7) is 15.2. The highest BCUT2D eigenvalue weighted by molar-refractivity contribution is 6.74. The van der Waals surface area contributed by atoms with Gasteiger partial charge in [-0.15, -0.1) is 0 Å². The van der Waals surface area contributed by atoms with Crippen LogP contribution in [0.5, 0.6) is 0 Å². The quantitative estimate of drug-likeness (QED) is 0.385. The lowest BCUT2D eigenvalue weighted by Crippen LogP contribution is -2.54. The molecule has 6 heteroatoms. The average molecular weight is 479 g/mol. The van der Waals surface area contributed by atoms with E-state index in [1.165, 1.54) is 5.57 Å². The number of rotatable bonds is 3. The molecule has 0 bridgehead atoms. The predicted molar refractivity (Wildman–Crippen MR) is 134 cm³/mol. The van der Waals surface area contributed by atoms with Crippen molar-refractivity contribution in [2.75, 3.05) is 6.61 Å². The van der Waals surface area contributed by atoms with E-state index in [4.69, 9.17) is 14.3 Å². The van der Waals surface area contributed by atoms with E-state index < -0.39 is 14.3 Å². The number of ketones is 1. The Kier molecular flexibility index (Phi) is 7.45. The Morgan fingerprint density at radius 1 is 1.18 bits per heavy atom. The minimum Gasteiger partial charge on any atom is -0.481 e. The van der Waals surface area contributed by atoms with Crippen LogP contribution in [-0.2, 0) is 14.0 Å². The first-order valence-corrected chi connectivity index (χ1v) is 15.8. The SMILES string of the molecule is CC(=O)O.CC(C)(C)[Si](C)(C)OC1CC[C@@]2(CO)C(=CC[C@@H]3[C@@H]2CC[C@]2(C)C(=O)CC[C@@H]32)C1. The number of fused-ring (bicyclic) bond motifs is 5. The number of aliphatic hydroxyl groups is 1. The van der Waals surface area contributed by atoms with E-state index in [-0.39, 0.29) is 22.5 Å². The molecule has 2 N–H and O–H groups in total. The molecule has 6 atom stereocenters. The van der Waals surface area contributed by atoms with E-state index in [0.717, 1.165) is 58.3 Å². The molecule has 0 aliphatic heterocycles. The fourth-order valence-electron chi connectivity index (χ4n) is 7.18. The molecule has 0 radical (unpaired) electrons. The second-order valence-electron chi connectivity index (χ2n) is 12.8. The summed E-state index contributed by atoms with van der Waals surface area (Å²) < 4.78 is 6.79. The first-order chi connectivity index (χ1) is 15.2. The minimum atomic E-state index is -1.78. The van der Waals surface area contributed by atoms with Gasteiger partial charge in [-0.25, -0.2) is 0 Å². The number of aliphatic hydroxyl groups excluding tert-OH is 1. The Labute approximate surface area is 201 Å². The van der Waals surface area contributed by atoms with Crippen LogP contribution in [-0.4, -0.2) is 43.0 Å². The summed E-state index contributed by atoms with van der Waals surface area (Å²) in [5.74, 6) is 1.32. The van der Waals surface area contributed by atoms with E-state index in [0.29, 0.717) is 29.6 Å². The van der Waals surface area contributed by atoms with Gasteiger partial charge in [0.25, 0.3) is 5.97 Å². The van der Waals surface area contributed by atoms with Crippen molar-refractivity contribution in [3.05, 3.63) is 11.6 Å². The number of carboxylic acids is 1. The molecule has 0 aromatic heterocycles. The molecule has 0 aromatic carbocycles. The zero-order valence-electron chi connectivity index (χ0n) is 21.9. The number of hydrogen-bond acceptors (Lipinski definition) is 4. The van der Waals surface area contributed by atoms with Crippen molar-refractivity contribution in [1.29, 1.82) is 0 Å². The van der Waals surface area contributed by atoms with Gasteiger partial charge in [0.05, 0.1) is 6.61 Å². The molecule has 0 heterocycles. The zero-order chi connectivity index (χ0) is 24.8. The van der Waals surface area contributed by atoms with Crippen LogP contribution in [0.4, 0.5) is 0 Å². The van der Waals surface area contributed by atoms with Crippen LogP contribution in [0.1, 0.15) is 86.0 Å². The lowest BCUT2D eigenvalue weighted by atomic mass is 9.47. The topological polar surface area (TPSA) is 83.8 Å². The van der Waals surface area contributed by atoms with Crippen LogP contribution in [0.25, 0.3) is 0 Å². The lowest BCUT2D eigenvalue weighted by molar-refractivity contribution is -0.134. The van der Waals surface area contributed by atoms with Crippen LogP contribution in [0.3, 0.4) is 0 Å². The molecule has 0 amide bonds. The van der Waals surface area contributed by atoms with Crippen LogP contribution in [0.2, 0.25) is 18.1 Å². The van der Waals surface area contributed by atoms with Crippen molar-refractivity contribution in [3.63, 3.8) is 0 Å². The molecule has 4 aliphatic carbocycles. The summed E-state index contributed by atoms with van der Waals surface area (Å²) in [4.78, 5) is 21.6. The summed E-state index contributed by atoms with van der Waals surface area (Å²) >= 11 is 0. The highest BCUT2D eigenvalue weighted by atomic mass is 28.4. The molecule has 0 spiro atoms. The van der Waals surface area contributed by atoms with E-state index >= 15 is 0 Å². The fraction of sp³-hybridized carbons (Fsp3) is 0.852. The number of carbonyl (C=O) groups excluding carboxylic acids is 1. The maximum absolute atomic E-state index is 12.6. The van der Waals surface area contributed by atoms with Gasteiger partial charge in [0.1, 0.15) is 5.78 Å². The third-order valence-electron chi connectivity index (χ3n) is 10.0. The van der Waals surface area contributed by atoms with Crippen molar-refractivity contribution in [2.45, 2.75) is 110 Å². The van der Waals surface area contributed by atoms with Gasteiger partial charge in [0, 0.05) is 30.3 Å². The molecular weight excluding hydrogens is 432 g/mol. The molecule has 33 heavy (non-hydrogen) atoms. The molecule has 4 aliphatic rings. The molecule has 4 rings (SSSR count). The summed E-state index contributed by atoms with van der Waals surface area (Å²) in [5, 5.41) is 18.3. The van der Waals surface area contributed by atoms with E-state index in [1.54, 1.807) is 0 Å².